The molecule has 0 radical (unpaired) electrons. The number of hydrogen-bond acceptors (Lipinski definition) is 7. The van der Waals surface area contributed by atoms with Gasteiger partial charge in [-0.15, -0.1) is 0 Å². The maximum absolute atomic E-state index is 15.0. The fourth-order valence-electron chi connectivity index (χ4n) is 4.50. The Labute approximate surface area is 229 Å². The van der Waals surface area contributed by atoms with Crippen LogP contribution in [0, 0.1) is 18.2 Å². The van der Waals surface area contributed by atoms with Crippen LogP contribution in [0.2, 0.25) is 0 Å². The molecular weight excluding hydrogens is 508 g/mol. The van der Waals surface area contributed by atoms with E-state index in [0.29, 0.717) is 22.4 Å². The van der Waals surface area contributed by atoms with Crippen molar-refractivity contribution < 1.29 is 23.0 Å². The number of piperidine rings is 1. The Balaban J connectivity index is 2.25. The largest absolute Gasteiger partial charge is 0.461 e. The summed E-state index contributed by atoms with van der Waals surface area (Å²) in [5.41, 5.74) is 1.40. The number of thioether (sulfide) groups is 1. The summed E-state index contributed by atoms with van der Waals surface area (Å²) in [6.45, 7) is 18.5. The van der Waals surface area contributed by atoms with Crippen molar-refractivity contribution in [3.05, 3.63) is 35.5 Å². The molecule has 0 aromatic carbocycles. The number of aryl methyl sites for hydroxylation is 1. The molecule has 2 aromatic heterocycles. The zero-order valence-corrected chi connectivity index (χ0v) is 24.8. The van der Waals surface area contributed by atoms with Gasteiger partial charge >= 0.3 is 5.97 Å². The van der Waals surface area contributed by atoms with E-state index in [2.05, 4.69) is 28.7 Å². The third-order valence-electron chi connectivity index (χ3n) is 6.41. The number of hydrogen-bond donors (Lipinski definition) is 0. The molecule has 1 fully saturated rings. The highest BCUT2D eigenvalue weighted by Gasteiger charge is 2.37. The van der Waals surface area contributed by atoms with Crippen molar-refractivity contribution >= 4 is 23.4 Å². The monoisotopic (exact) mass is 549 g/mol. The van der Waals surface area contributed by atoms with Crippen LogP contribution in [-0.2, 0) is 14.3 Å². The summed E-state index contributed by atoms with van der Waals surface area (Å²) in [7, 11) is 0. The first-order valence-corrected chi connectivity index (χ1v) is 14.1. The highest BCUT2D eigenvalue weighted by atomic mass is 32.2. The van der Waals surface area contributed by atoms with Gasteiger partial charge < -0.3 is 14.4 Å². The number of anilines is 1. The molecule has 6 nitrogen and oxygen atoms in total. The maximum Gasteiger partial charge on any atom is 0.340 e. The zero-order chi connectivity index (χ0) is 28.4. The van der Waals surface area contributed by atoms with Crippen LogP contribution in [0.15, 0.2) is 23.5 Å². The molecule has 210 valence electrons. The SMILES string of the molecule is Cc1ncc(-c2cnc(SC(C)F)c(F)c2)c(N2CCC(C)(C)CC2)c1[C@H](OC(C)(C)C)C(=O)OC(C)C. The number of alkyl halides is 1. The fraction of sp³-hybridized carbons (Fsp3) is 0.621. The number of esters is 1. The third kappa shape index (κ3) is 7.65. The third-order valence-corrected chi connectivity index (χ3v) is 7.26. The van der Waals surface area contributed by atoms with Gasteiger partial charge in [0.1, 0.15) is 10.5 Å². The lowest BCUT2D eigenvalue weighted by Gasteiger charge is -2.41. The van der Waals surface area contributed by atoms with Crippen LogP contribution in [0.1, 0.15) is 85.6 Å². The number of ether oxygens (including phenoxy) is 2. The molecule has 1 aliphatic rings. The van der Waals surface area contributed by atoms with Gasteiger partial charge in [-0.1, -0.05) is 25.6 Å². The lowest BCUT2D eigenvalue weighted by Crippen LogP contribution is -2.39. The summed E-state index contributed by atoms with van der Waals surface area (Å²) in [5, 5.41) is -0.000213. The predicted octanol–water partition coefficient (Wildman–Crippen LogP) is 7.43. The highest BCUT2D eigenvalue weighted by Crippen LogP contribution is 2.44. The molecule has 38 heavy (non-hydrogen) atoms. The van der Waals surface area contributed by atoms with E-state index in [1.54, 1.807) is 20.0 Å². The van der Waals surface area contributed by atoms with Crippen LogP contribution in [0.3, 0.4) is 0 Å². The van der Waals surface area contributed by atoms with Crippen molar-refractivity contribution in [1.82, 2.24) is 9.97 Å². The van der Waals surface area contributed by atoms with Crippen molar-refractivity contribution in [1.29, 1.82) is 0 Å². The van der Waals surface area contributed by atoms with Crippen molar-refractivity contribution in [2.75, 3.05) is 18.0 Å². The van der Waals surface area contributed by atoms with Crippen LogP contribution < -0.4 is 4.90 Å². The first kappa shape index (κ1) is 30.3. The van der Waals surface area contributed by atoms with Crippen LogP contribution in [-0.4, -0.2) is 46.2 Å². The summed E-state index contributed by atoms with van der Waals surface area (Å²) in [5.74, 6) is -1.10. The minimum atomic E-state index is -1.29. The molecule has 1 saturated heterocycles. The molecule has 0 amide bonds. The molecular formula is C29H41F2N3O3S. The zero-order valence-electron chi connectivity index (χ0n) is 24.0. The van der Waals surface area contributed by atoms with Crippen LogP contribution in [0.25, 0.3) is 11.1 Å². The Morgan fingerprint density at radius 1 is 1.13 bits per heavy atom. The Bertz CT molecular complexity index is 1140. The second-order valence-electron chi connectivity index (χ2n) is 11.9. The van der Waals surface area contributed by atoms with Gasteiger partial charge in [-0.2, -0.15) is 0 Å². The van der Waals surface area contributed by atoms with Gasteiger partial charge in [0.25, 0.3) is 0 Å². The summed E-state index contributed by atoms with van der Waals surface area (Å²) in [6, 6.07) is 1.36. The molecule has 0 spiro atoms. The van der Waals surface area contributed by atoms with E-state index < -0.39 is 29.0 Å². The second kappa shape index (κ2) is 11.9. The maximum atomic E-state index is 15.0. The van der Waals surface area contributed by atoms with Crippen molar-refractivity contribution in [3.63, 3.8) is 0 Å². The number of rotatable bonds is 8. The van der Waals surface area contributed by atoms with E-state index in [1.807, 2.05) is 27.7 Å². The van der Waals surface area contributed by atoms with Crippen molar-refractivity contribution in [2.24, 2.45) is 5.41 Å². The minimum Gasteiger partial charge on any atom is -0.461 e. The number of aromatic nitrogens is 2. The Hall–Kier alpha value is -2.26. The summed E-state index contributed by atoms with van der Waals surface area (Å²) < 4.78 is 40.5. The molecule has 3 rings (SSSR count). The first-order valence-electron chi connectivity index (χ1n) is 13.2. The van der Waals surface area contributed by atoms with Gasteiger partial charge in [0.05, 0.1) is 17.4 Å². The molecule has 2 aromatic rings. The number of carbonyl (C=O) groups excluding carboxylic acids is 1. The lowest BCUT2D eigenvalue weighted by molar-refractivity contribution is -0.171. The average molecular weight is 550 g/mol. The van der Waals surface area contributed by atoms with Gasteiger partial charge in [-0.25, -0.2) is 18.6 Å². The molecule has 1 aliphatic heterocycles. The summed E-state index contributed by atoms with van der Waals surface area (Å²) >= 11 is 0.727. The van der Waals surface area contributed by atoms with E-state index >= 15 is 4.39 Å². The number of pyridine rings is 2. The molecule has 9 heteroatoms. The number of nitrogens with zero attached hydrogens (tertiary/aromatic N) is 3. The van der Waals surface area contributed by atoms with Crippen molar-refractivity contribution in [2.45, 2.75) is 103 Å². The van der Waals surface area contributed by atoms with E-state index in [-0.39, 0.29) is 16.5 Å². The molecule has 0 saturated carbocycles. The van der Waals surface area contributed by atoms with Gasteiger partial charge in [-0.3, -0.25) is 4.98 Å². The number of halogens is 2. The smallest absolute Gasteiger partial charge is 0.340 e. The van der Waals surface area contributed by atoms with Crippen LogP contribution >= 0.6 is 11.8 Å². The van der Waals surface area contributed by atoms with Gasteiger partial charge in [0.15, 0.2) is 11.9 Å². The summed E-state index contributed by atoms with van der Waals surface area (Å²) in [6.07, 6.45) is 3.76. The highest BCUT2D eigenvalue weighted by molar-refractivity contribution is 7.99. The first-order chi connectivity index (χ1) is 17.6. The van der Waals surface area contributed by atoms with E-state index in [0.717, 1.165) is 43.4 Å². The van der Waals surface area contributed by atoms with Gasteiger partial charge in [0.2, 0.25) is 0 Å². The molecule has 0 bridgehead atoms. The van der Waals surface area contributed by atoms with Crippen LogP contribution in [0.4, 0.5) is 14.5 Å². The number of carbonyl (C=O) groups is 1. The fourth-order valence-corrected chi connectivity index (χ4v) is 5.09. The van der Waals surface area contributed by atoms with E-state index in [9.17, 15) is 9.18 Å². The van der Waals surface area contributed by atoms with E-state index in [1.165, 1.54) is 19.2 Å². The van der Waals surface area contributed by atoms with Crippen molar-refractivity contribution in [3.8, 4) is 11.1 Å². The normalized spacial score (nSPS) is 17.4. The Kier molecular flexibility index (Phi) is 9.45. The van der Waals surface area contributed by atoms with Gasteiger partial charge in [0, 0.05) is 47.9 Å². The minimum absolute atomic E-state index is 0.000213. The Morgan fingerprint density at radius 2 is 1.76 bits per heavy atom. The van der Waals surface area contributed by atoms with Crippen LogP contribution in [0.5, 0.6) is 0 Å². The average Bonchev–Trinajstić information content (AvgIpc) is 2.78. The second-order valence-corrected chi connectivity index (χ2v) is 13.2. The van der Waals surface area contributed by atoms with E-state index in [4.69, 9.17) is 9.47 Å². The van der Waals surface area contributed by atoms with Gasteiger partial charge in [-0.05, 0) is 72.8 Å². The quantitative estimate of drug-likeness (QED) is 0.251. The molecule has 1 unspecified atom stereocenters. The topological polar surface area (TPSA) is 64.5 Å². The Morgan fingerprint density at radius 3 is 2.29 bits per heavy atom. The standard InChI is InChI=1S/C29H41F2N3O3S/c1-17(2)36-27(35)25(37-28(5,6)7)23-18(3)32-16-21(24(23)34-12-10-29(8,9)11-13-34)20-14-22(31)26(33-15-20)38-19(4)30/h14-17,19,25H,10-13H2,1-9H3/t19?,25-/m0/s1. The predicted molar refractivity (Wildman–Crippen MR) is 149 cm³/mol. The molecule has 3 heterocycles. The summed E-state index contributed by atoms with van der Waals surface area (Å²) in [4.78, 5) is 24.5. The molecule has 2 atom stereocenters. The molecule has 0 aliphatic carbocycles. The molecule has 0 N–H and O–H groups in total. The lowest BCUT2D eigenvalue weighted by atomic mass is 9.82.